The Morgan fingerprint density at radius 3 is 2.76 bits per heavy atom. The van der Waals surface area contributed by atoms with Gasteiger partial charge in [-0.15, -0.1) is 10.2 Å². The van der Waals surface area contributed by atoms with Gasteiger partial charge in [-0.25, -0.2) is 9.37 Å². The maximum absolute atomic E-state index is 13.9. The largest absolute Gasteiger partial charge is 0.507 e. The summed E-state index contributed by atoms with van der Waals surface area (Å²) >= 11 is 0. The van der Waals surface area contributed by atoms with Crippen molar-refractivity contribution in [3.63, 3.8) is 0 Å². The molecule has 0 spiro atoms. The molecule has 0 saturated heterocycles. The van der Waals surface area contributed by atoms with Gasteiger partial charge >= 0.3 is 0 Å². The number of aromatic hydroxyl groups is 1. The molecule has 0 amide bonds. The van der Waals surface area contributed by atoms with E-state index < -0.39 is 6.17 Å². The van der Waals surface area contributed by atoms with Crippen molar-refractivity contribution in [2.45, 2.75) is 31.5 Å². The van der Waals surface area contributed by atoms with Crippen molar-refractivity contribution in [1.82, 2.24) is 20.2 Å². The molecule has 3 aromatic rings. The second-order valence-electron chi connectivity index (χ2n) is 6.36. The molecule has 2 heterocycles. The second kappa shape index (κ2) is 6.23. The van der Waals surface area contributed by atoms with Crippen LogP contribution in [0.3, 0.4) is 0 Å². The van der Waals surface area contributed by atoms with Crippen LogP contribution in [0, 0.1) is 0 Å². The van der Waals surface area contributed by atoms with Gasteiger partial charge in [0.05, 0.1) is 12.2 Å². The summed E-state index contributed by atoms with van der Waals surface area (Å²) in [5, 5.41) is 20.4. The highest BCUT2D eigenvalue weighted by molar-refractivity contribution is 5.89. The van der Waals surface area contributed by atoms with Gasteiger partial charge in [0.25, 0.3) is 0 Å². The molecular formula is C18H18FN5O. The van der Waals surface area contributed by atoms with Crippen molar-refractivity contribution in [2.75, 3.05) is 11.9 Å². The highest BCUT2D eigenvalue weighted by Crippen LogP contribution is 2.32. The molecule has 128 valence electrons. The van der Waals surface area contributed by atoms with Crippen molar-refractivity contribution >= 4 is 16.7 Å². The summed E-state index contributed by atoms with van der Waals surface area (Å²) in [5.74, 6) is 0.486. The van der Waals surface area contributed by atoms with Crippen LogP contribution in [0.15, 0.2) is 36.8 Å². The summed E-state index contributed by atoms with van der Waals surface area (Å²) in [4.78, 5) is 10.1. The van der Waals surface area contributed by atoms with Crippen molar-refractivity contribution in [1.29, 1.82) is 0 Å². The Morgan fingerprint density at radius 1 is 1.16 bits per heavy atom. The minimum Gasteiger partial charge on any atom is -0.507 e. The van der Waals surface area contributed by atoms with Crippen molar-refractivity contribution in [3.05, 3.63) is 36.8 Å². The molecule has 1 aliphatic rings. The number of aromatic nitrogens is 4. The highest BCUT2D eigenvalue weighted by Gasteiger charge is 2.31. The summed E-state index contributed by atoms with van der Waals surface area (Å²) < 4.78 is 13.9. The molecule has 6 nitrogen and oxygen atoms in total. The molecule has 1 aromatic carbocycles. The zero-order valence-corrected chi connectivity index (χ0v) is 13.8. The van der Waals surface area contributed by atoms with Crippen LogP contribution < -0.4 is 4.90 Å². The quantitative estimate of drug-likeness (QED) is 0.790. The van der Waals surface area contributed by atoms with Crippen LogP contribution in [-0.2, 0) is 0 Å². The lowest BCUT2D eigenvalue weighted by atomic mass is 10.1. The number of phenols is 1. The van der Waals surface area contributed by atoms with Crippen LogP contribution in [0.2, 0.25) is 0 Å². The van der Waals surface area contributed by atoms with Crippen LogP contribution in [0.25, 0.3) is 22.0 Å². The lowest BCUT2D eigenvalue weighted by Crippen LogP contribution is -2.36. The van der Waals surface area contributed by atoms with E-state index in [0.717, 1.165) is 23.6 Å². The van der Waals surface area contributed by atoms with Crippen molar-refractivity contribution in [2.24, 2.45) is 0 Å². The van der Waals surface area contributed by atoms with Gasteiger partial charge in [0.15, 0.2) is 0 Å². The number of fused-ring (bicyclic) bond motifs is 1. The maximum atomic E-state index is 13.9. The Kier molecular flexibility index (Phi) is 3.91. The van der Waals surface area contributed by atoms with E-state index in [0.29, 0.717) is 23.6 Å². The number of hydrogen-bond acceptors (Lipinski definition) is 6. The number of phenolic OH excluding ortho intramolecular Hbond substituents is 1. The molecule has 25 heavy (non-hydrogen) atoms. The molecule has 0 unspecified atom stereocenters. The molecule has 1 saturated carbocycles. The minimum atomic E-state index is -0.855. The molecule has 2 aromatic heterocycles. The third kappa shape index (κ3) is 2.86. The van der Waals surface area contributed by atoms with E-state index in [4.69, 9.17) is 0 Å². The molecule has 0 aliphatic heterocycles. The maximum Gasteiger partial charge on any atom is 0.245 e. The second-order valence-corrected chi connectivity index (χ2v) is 6.36. The molecule has 2 atom stereocenters. The first kappa shape index (κ1) is 15.7. The Balaban J connectivity index is 1.65. The van der Waals surface area contributed by atoms with E-state index >= 15 is 0 Å². The van der Waals surface area contributed by atoms with E-state index in [1.165, 1.54) is 0 Å². The number of hydrogen-bond donors (Lipinski definition) is 1. The first-order valence-corrected chi connectivity index (χ1v) is 8.27. The zero-order valence-electron chi connectivity index (χ0n) is 13.8. The molecule has 0 radical (unpaired) electrons. The van der Waals surface area contributed by atoms with Gasteiger partial charge in [0, 0.05) is 30.4 Å². The van der Waals surface area contributed by atoms with Crippen LogP contribution in [0.5, 0.6) is 5.75 Å². The number of rotatable bonds is 3. The molecule has 1 fully saturated rings. The predicted octanol–water partition coefficient (Wildman–Crippen LogP) is 3.12. The van der Waals surface area contributed by atoms with Crippen LogP contribution in [-0.4, -0.2) is 44.5 Å². The average molecular weight is 339 g/mol. The molecule has 7 heteroatoms. The van der Waals surface area contributed by atoms with E-state index in [9.17, 15) is 9.50 Å². The van der Waals surface area contributed by atoms with Gasteiger partial charge in [-0.3, -0.25) is 4.98 Å². The number of nitrogens with zero attached hydrogens (tertiary/aromatic N) is 5. The lowest BCUT2D eigenvalue weighted by Gasteiger charge is -2.25. The number of anilines is 1. The summed E-state index contributed by atoms with van der Waals surface area (Å²) in [5.41, 5.74) is 1.02. The monoisotopic (exact) mass is 339 g/mol. The summed E-state index contributed by atoms with van der Waals surface area (Å²) in [6.07, 6.45) is 6.34. The smallest absolute Gasteiger partial charge is 0.245 e. The number of pyridine rings is 1. The summed E-state index contributed by atoms with van der Waals surface area (Å²) in [6.45, 7) is 0. The van der Waals surface area contributed by atoms with Gasteiger partial charge in [-0.1, -0.05) is 0 Å². The van der Waals surface area contributed by atoms with E-state index in [1.54, 1.807) is 36.6 Å². The third-order valence-electron chi connectivity index (χ3n) is 4.79. The van der Waals surface area contributed by atoms with Crippen molar-refractivity contribution < 1.29 is 9.50 Å². The number of alkyl halides is 1. The van der Waals surface area contributed by atoms with Crippen molar-refractivity contribution in [3.8, 4) is 17.0 Å². The summed E-state index contributed by atoms with van der Waals surface area (Å²) in [7, 11) is 1.79. The highest BCUT2D eigenvalue weighted by atomic mass is 19.1. The van der Waals surface area contributed by atoms with E-state index in [-0.39, 0.29) is 11.8 Å². The molecule has 4 rings (SSSR count). The Labute approximate surface area is 144 Å². The average Bonchev–Trinajstić information content (AvgIpc) is 3.06. The fourth-order valence-corrected chi connectivity index (χ4v) is 3.36. The fourth-order valence-electron chi connectivity index (χ4n) is 3.36. The number of halogens is 1. The first-order chi connectivity index (χ1) is 12.1. The lowest BCUT2D eigenvalue weighted by molar-refractivity contribution is 0.305. The molecule has 1 aliphatic carbocycles. The van der Waals surface area contributed by atoms with Gasteiger partial charge in [0.2, 0.25) is 5.95 Å². The van der Waals surface area contributed by atoms with Gasteiger partial charge in [0.1, 0.15) is 17.6 Å². The standard InChI is InChI=1S/C18H18FN5O/c1-24(16-4-2-3-14(16)19)18-21-10-15(22-23-18)13-7-11-5-6-20-9-12(11)8-17(13)25/h5-10,14,16,25H,2-4H2,1H3/t14-,16-/m0/s1. The SMILES string of the molecule is CN(c1ncc(-c2cc3ccncc3cc2O)nn1)[C@H]1CCC[C@@H]1F. The Morgan fingerprint density at radius 2 is 2.04 bits per heavy atom. The van der Waals surface area contributed by atoms with Gasteiger partial charge < -0.3 is 10.0 Å². The Hall–Kier alpha value is -2.83. The topological polar surface area (TPSA) is 75.0 Å². The van der Waals surface area contributed by atoms with Gasteiger partial charge in [-0.05, 0) is 42.8 Å². The van der Waals surface area contributed by atoms with E-state index in [2.05, 4.69) is 20.2 Å². The number of benzene rings is 1. The van der Waals surface area contributed by atoms with Crippen LogP contribution >= 0.6 is 0 Å². The summed E-state index contributed by atoms with van der Waals surface area (Å²) in [6, 6.07) is 5.14. The molecule has 0 bridgehead atoms. The Bertz CT molecular complexity index is 902. The predicted molar refractivity (Wildman–Crippen MR) is 93.2 cm³/mol. The van der Waals surface area contributed by atoms with Crippen LogP contribution in [0.4, 0.5) is 10.3 Å². The van der Waals surface area contributed by atoms with Gasteiger partial charge in [-0.2, -0.15) is 0 Å². The first-order valence-electron chi connectivity index (χ1n) is 8.27. The molecular weight excluding hydrogens is 321 g/mol. The normalized spacial score (nSPS) is 20.1. The third-order valence-corrected chi connectivity index (χ3v) is 4.79. The van der Waals surface area contributed by atoms with E-state index in [1.807, 2.05) is 12.1 Å². The van der Waals surface area contributed by atoms with Crippen LogP contribution in [0.1, 0.15) is 19.3 Å². The zero-order chi connectivity index (χ0) is 17.4. The fraction of sp³-hybridized carbons (Fsp3) is 0.333. The minimum absolute atomic E-state index is 0.0947. The molecule has 1 N–H and O–H groups in total.